The van der Waals surface area contributed by atoms with Crippen LogP contribution >= 0.6 is 0 Å². The zero-order chi connectivity index (χ0) is 15.0. The molecular weight excluding hydrogens is 256 g/mol. The summed E-state index contributed by atoms with van der Waals surface area (Å²) < 4.78 is 5.21. The Kier molecular flexibility index (Phi) is 6.73. The van der Waals surface area contributed by atoms with E-state index < -0.39 is 0 Å². The smallest absolute Gasteiger partial charge is 0.306 e. The van der Waals surface area contributed by atoms with E-state index in [2.05, 4.69) is 5.32 Å². The van der Waals surface area contributed by atoms with Gasteiger partial charge >= 0.3 is 5.97 Å². The maximum atomic E-state index is 11.7. The van der Waals surface area contributed by atoms with Gasteiger partial charge in [0.25, 0.3) is 5.91 Å². The molecule has 0 fully saturated rings. The lowest BCUT2D eigenvalue weighted by atomic mass is 10.1. The fraction of sp³-hybridized carbons (Fsp3) is 0.467. The second kappa shape index (κ2) is 8.32. The van der Waals surface area contributed by atoms with E-state index >= 15 is 0 Å². The molecule has 0 bridgehead atoms. The van der Waals surface area contributed by atoms with Crippen LogP contribution in [0.25, 0.3) is 0 Å². The predicted molar refractivity (Wildman–Crippen MR) is 77.4 cm³/mol. The number of esters is 1. The average Bonchev–Trinajstić information content (AvgIpc) is 2.44. The van der Waals surface area contributed by atoms with Crippen LogP contribution in [0.5, 0.6) is 0 Å². The Morgan fingerprint density at radius 2 is 1.95 bits per heavy atom. The molecule has 0 saturated carbocycles. The minimum absolute atomic E-state index is 0.129. The normalized spacial score (nSPS) is 10.4. The highest BCUT2D eigenvalue weighted by atomic mass is 16.5. The first-order chi connectivity index (χ1) is 9.54. The van der Waals surface area contributed by atoms with E-state index in [0.29, 0.717) is 17.5 Å². The Bertz CT molecular complexity index is 458. The fourth-order valence-electron chi connectivity index (χ4n) is 1.77. The van der Waals surface area contributed by atoms with E-state index in [1.807, 2.05) is 25.1 Å². The molecule has 1 rings (SSSR count). The van der Waals surface area contributed by atoms with Gasteiger partial charge in [0.05, 0.1) is 0 Å². The maximum Gasteiger partial charge on any atom is 0.306 e. The van der Waals surface area contributed by atoms with Crippen molar-refractivity contribution in [1.82, 2.24) is 10.2 Å². The Hall–Kier alpha value is -1.88. The quantitative estimate of drug-likeness (QED) is 0.767. The van der Waals surface area contributed by atoms with Gasteiger partial charge in [0.1, 0.15) is 6.61 Å². The summed E-state index contributed by atoms with van der Waals surface area (Å²) in [7, 11) is 5.50. The summed E-state index contributed by atoms with van der Waals surface area (Å²) in [6.45, 7) is 0.980. The van der Waals surface area contributed by atoms with E-state index in [9.17, 15) is 9.59 Å². The van der Waals surface area contributed by atoms with Crippen LogP contribution in [-0.2, 0) is 16.1 Å². The van der Waals surface area contributed by atoms with Crippen LogP contribution in [0, 0.1) is 0 Å². The number of ether oxygens (including phenoxy) is 1. The van der Waals surface area contributed by atoms with Crippen molar-refractivity contribution >= 4 is 11.9 Å². The molecule has 110 valence electrons. The molecule has 0 atom stereocenters. The molecule has 20 heavy (non-hydrogen) atoms. The highest BCUT2D eigenvalue weighted by Crippen LogP contribution is 2.10. The Balaban J connectivity index is 2.49. The molecule has 0 radical (unpaired) electrons. The van der Waals surface area contributed by atoms with Gasteiger partial charge in [0.2, 0.25) is 0 Å². The first-order valence-corrected chi connectivity index (χ1v) is 6.65. The van der Waals surface area contributed by atoms with Gasteiger partial charge in [-0.2, -0.15) is 0 Å². The number of rotatable bonds is 7. The zero-order valence-corrected chi connectivity index (χ0v) is 12.3. The van der Waals surface area contributed by atoms with E-state index in [-0.39, 0.29) is 18.5 Å². The predicted octanol–water partition coefficient (Wildman–Crippen LogP) is 1.43. The molecule has 0 heterocycles. The molecule has 0 aliphatic rings. The standard InChI is InChI=1S/C15H22N2O3/c1-16-15(19)13-8-5-4-7-12(13)11-20-14(18)9-6-10-17(2)3/h4-5,7-8H,6,9-11H2,1-3H3,(H,16,19). The second-order valence-electron chi connectivity index (χ2n) is 4.80. The molecule has 1 aromatic rings. The summed E-state index contributed by atoms with van der Waals surface area (Å²) in [5.41, 5.74) is 1.25. The summed E-state index contributed by atoms with van der Waals surface area (Å²) in [6, 6.07) is 7.11. The average molecular weight is 278 g/mol. The molecule has 1 N–H and O–H groups in total. The maximum absolute atomic E-state index is 11.7. The van der Waals surface area contributed by atoms with E-state index in [4.69, 9.17) is 4.74 Å². The Morgan fingerprint density at radius 1 is 1.25 bits per heavy atom. The minimum atomic E-state index is -0.237. The SMILES string of the molecule is CNC(=O)c1ccccc1COC(=O)CCCN(C)C. The van der Waals surface area contributed by atoms with Gasteiger partial charge in [-0.3, -0.25) is 9.59 Å². The van der Waals surface area contributed by atoms with E-state index in [0.717, 1.165) is 13.0 Å². The van der Waals surface area contributed by atoms with Crippen molar-refractivity contribution in [3.63, 3.8) is 0 Å². The van der Waals surface area contributed by atoms with Gasteiger partial charge in [0, 0.05) is 24.6 Å². The van der Waals surface area contributed by atoms with Crippen LogP contribution < -0.4 is 5.32 Å². The molecular formula is C15H22N2O3. The van der Waals surface area contributed by atoms with Crippen LogP contribution in [0.4, 0.5) is 0 Å². The molecule has 5 nitrogen and oxygen atoms in total. The van der Waals surface area contributed by atoms with Gasteiger partial charge in [-0.1, -0.05) is 18.2 Å². The molecule has 0 aromatic heterocycles. The van der Waals surface area contributed by atoms with Crippen LogP contribution in [-0.4, -0.2) is 44.5 Å². The van der Waals surface area contributed by atoms with Crippen molar-refractivity contribution in [2.75, 3.05) is 27.7 Å². The molecule has 0 aliphatic carbocycles. The molecule has 0 unspecified atom stereocenters. The van der Waals surface area contributed by atoms with Crippen molar-refractivity contribution in [1.29, 1.82) is 0 Å². The highest BCUT2D eigenvalue weighted by molar-refractivity contribution is 5.95. The van der Waals surface area contributed by atoms with E-state index in [1.165, 1.54) is 0 Å². The summed E-state index contributed by atoms with van der Waals surface area (Å²) in [6.07, 6.45) is 1.16. The molecule has 5 heteroatoms. The summed E-state index contributed by atoms with van der Waals surface area (Å²) in [5.74, 6) is -0.414. The minimum Gasteiger partial charge on any atom is -0.461 e. The summed E-state index contributed by atoms with van der Waals surface area (Å²) >= 11 is 0. The first-order valence-electron chi connectivity index (χ1n) is 6.65. The summed E-state index contributed by atoms with van der Waals surface area (Å²) in [4.78, 5) is 25.3. The van der Waals surface area contributed by atoms with E-state index in [1.54, 1.807) is 25.2 Å². The Morgan fingerprint density at radius 3 is 2.60 bits per heavy atom. The van der Waals surface area contributed by atoms with Crippen LogP contribution in [0.3, 0.4) is 0 Å². The number of nitrogens with one attached hydrogen (secondary N) is 1. The molecule has 0 aliphatic heterocycles. The third kappa shape index (κ3) is 5.40. The number of benzene rings is 1. The number of carbonyl (C=O) groups excluding carboxylic acids is 2. The topological polar surface area (TPSA) is 58.6 Å². The number of carbonyl (C=O) groups is 2. The van der Waals surface area contributed by atoms with Crippen LogP contribution in [0.1, 0.15) is 28.8 Å². The van der Waals surface area contributed by atoms with Gasteiger partial charge in [-0.05, 0) is 33.1 Å². The second-order valence-corrected chi connectivity index (χ2v) is 4.80. The number of amides is 1. The third-order valence-electron chi connectivity index (χ3n) is 2.86. The summed E-state index contributed by atoms with van der Waals surface area (Å²) in [5, 5.41) is 2.57. The number of nitrogens with zero attached hydrogens (tertiary/aromatic N) is 1. The van der Waals surface area contributed by atoms with Gasteiger partial charge < -0.3 is 15.0 Å². The lowest BCUT2D eigenvalue weighted by Gasteiger charge is -2.10. The Labute approximate surface area is 119 Å². The van der Waals surface area contributed by atoms with Crippen molar-refractivity contribution < 1.29 is 14.3 Å². The molecule has 0 spiro atoms. The van der Waals surface area contributed by atoms with Gasteiger partial charge in [-0.15, -0.1) is 0 Å². The molecule has 1 amide bonds. The highest BCUT2D eigenvalue weighted by Gasteiger charge is 2.11. The molecule has 1 aromatic carbocycles. The number of hydrogen-bond acceptors (Lipinski definition) is 4. The number of hydrogen-bond donors (Lipinski definition) is 1. The molecule has 0 saturated heterocycles. The van der Waals surface area contributed by atoms with Gasteiger partial charge in [0.15, 0.2) is 0 Å². The van der Waals surface area contributed by atoms with Crippen molar-refractivity contribution in [3.05, 3.63) is 35.4 Å². The first kappa shape index (κ1) is 16.2. The lowest BCUT2D eigenvalue weighted by molar-refractivity contribution is -0.145. The van der Waals surface area contributed by atoms with Crippen molar-refractivity contribution in [3.8, 4) is 0 Å². The largest absolute Gasteiger partial charge is 0.461 e. The van der Waals surface area contributed by atoms with Crippen LogP contribution in [0.15, 0.2) is 24.3 Å². The van der Waals surface area contributed by atoms with Crippen molar-refractivity contribution in [2.24, 2.45) is 0 Å². The van der Waals surface area contributed by atoms with Gasteiger partial charge in [-0.25, -0.2) is 0 Å². The zero-order valence-electron chi connectivity index (χ0n) is 12.3. The lowest BCUT2D eigenvalue weighted by Crippen LogP contribution is -2.20. The third-order valence-corrected chi connectivity index (χ3v) is 2.86. The fourth-order valence-corrected chi connectivity index (χ4v) is 1.77. The van der Waals surface area contributed by atoms with Crippen molar-refractivity contribution in [2.45, 2.75) is 19.4 Å². The van der Waals surface area contributed by atoms with Crippen LogP contribution in [0.2, 0.25) is 0 Å². The monoisotopic (exact) mass is 278 g/mol.